The van der Waals surface area contributed by atoms with E-state index in [1.165, 1.54) is 0 Å². The predicted molar refractivity (Wildman–Crippen MR) is 60.0 cm³/mol. The Labute approximate surface area is 109 Å². The summed E-state index contributed by atoms with van der Waals surface area (Å²) in [4.78, 5) is -0.151. The van der Waals surface area contributed by atoms with Gasteiger partial charge in [0, 0.05) is 16.7 Å². The maximum Gasteiger partial charge on any atom is 0.399 e. The lowest BCUT2D eigenvalue weighted by Crippen LogP contribution is -2.37. The van der Waals surface area contributed by atoms with Crippen molar-refractivity contribution in [1.82, 2.24) is 0 Å². The Bertz CT molecular complexity index is 477. The van der Waals surface area contributed by atoms with E-state index in [1.54, 1.807) is 0 Å². The van der Waals surface area contributed by atoms with Gasteiger partial charge in [0.15, 0.2) is 5.84 Å². The predicted octanol–water partition coefficient (Wildman–Crippen LogP) is 2.98. The molecule has 1 unspecified atom stereocenters. The molecule has 0 aliphatic carbocycles. The van der Waals surface area contributed by atoms with Gasteiger partial charge in [-0.2, -0.15) is 13.2 Å². The Morgan fingerprint density at radius 2 is 2.00 bits per heavy atom. The smallest absolute Gasteiger partial charge is 0.399 e. The van der Waals surface area contributed by atoms with Gasteiger partial charge in [0.25, 0.3) is 0 Å². The van der Waals surface area contributed by atoms with Gasteiger partial charge in [-0.3, -0.25) is 0 Å². The van der Waals surface area contributed by atoms with Crippen molar-refractivity contribution in [3.8, 4) is 0 Å². The van der Waals surface area contributed by atoms with E-state index in [9.17, 15) is 22.0 Å². The average Bonchev–Trinajstić information content (AvgIpc) is 2.29. The number of halogens is 5. The highest BCUT2D eigenvalue weighted by Crippen LogP contribution is 2.32. The minimum Gasteiger partial charge on any atom is -0.409 e. The van der Waals surface area contributed by atoms with Crippen LogP contribution in [0.1, 0.15) is 0 Å². The van der Waals surface area contributed by atoms with Crippen LogP contribution in [0.2, 0.25) is 0 Å². The number of nitrogens with zero attached hydrogens (tertiary/aromatic N) is 1. The number of hydrogen-bond acceptors (Lipinski definition) is 3. The van der Waals surface area contributed by atoms with Crippen molar-refractivity contribution in [2.24, 2.45) is 16.8 Å². The molecule has 3 N–H and O–H groups in total. The fourth-order valence-corrected chi connectivity index (χ4v) is 2.25. The molecular formula is C10H9F5N2OS. The van der Waals surface area contributed by atoms with Crippen LogP contribution in [-0.4, -0.2) is 23.0 Å². The first-order chi connectivity index (χ1) is 8.75. The summed E-state index contributed by atoms with van der Waals surface area (Å²) < 4.78 is 63.6. The first kappa shape index (κ1) is 15.5. The molecule has 106 valence electrons. The van der Waals surface area contributed by atoms with E-state index in [-0.39, 0.29) is 4.90 Å². The molecule has 0 saturated heterocycles. The van der Waals surface area contributed by atoms with Crippen LogP contribution in [0.3, 0.4) is 0 Å². The van der Waals surface area contributed by atoms with Gasteiger partial charge in [0.2, 0.25) is 0 Å². The van der Waals surface area contributed by atoms with Crippen molar-refractivity contribution >= 4 is 17.6 Å². The third kappa shape index (κ3) is 4.27. The summed E-state index contributed by atoms with van der Waals surface area (Å²) in [6.45, 7) is 0. The Morgan fingerprint density at radius 3 is 2.47 bits per heavy atom. The van der Waals surface area contributed by atoms with Crippen molar-refractivity contribution < 1.29 is 27.2 Å². The van der Waals surface area contributed by atoms with Gasteiger partial charge in [-0.05, 0) is 12.1 Å². The molecule has 0 aliphatic heterocycles. The molecule has 0 fully saturated rings. The number of benzene rings is 1. The van der Waals surface area contributed by atoms with Crippen LogP contribution in [-0.2, 0) is 0 Å². The fraction of sp³-hybridized carbons (Fsp3) is 0.300. The lowest BCUT2D eigenvalue weighted by atomic mass is 10.1. The van der Waals surface area contributed by atoms with Gasteiger partial charge >= 0.3 is 6.18 Å². The normalized spacial score (nSPS) is 14.5. The maximum atomic E-state index is 13.2. The molecule has 9 heteroatoms. The van der Waals surface area contributed by atoms with E-state index in [0.29, 0.717) is 17.8 Å². The third-order valence-electron chi connectivity index (χ3n) is 2.17. The van der Waals surface area contributed by atoms with Gasteiger partial charge in [-0.25, -0.2) is 8.78 Å². The Morgan fingerprint density at radius 1 is 1.37 bits per heavy atom. The zero-order valence-electron chi connectivity index (χ0n) is 9.29. The molecule has 19 heavy (non-hydrogen) atoms. The fourth-order valence-electron chi connectivity index (χ4n) is 1.18. The molecule has 0 aliphatic rings. The molecule has 0 heterocycles. The second kappa shape index (κ2) is 6.09. The molecule has 3 nitrogen and oxygen atoms in total. The standard InChI is InChI=1S/C10H9F5N2OS/c11-5-1-2-8(7(12)3-5)19-4-6(9(16)17-18)10(13,14)15/h1-3,6,18H,4H2,(H2,16,17). The third-order valence-corrected chi connectivity index (χ3v) is 3.31. The second-order valence-corrected chi connectivity index (χ2v) is 4.57. The quantitative estimate of drug-likeness (QED) is 0.224. The van der Waals surface area contributed by atoms with Gasteiger partial charge in [-0.15, -0.1) is 11.8 Å². The van der Waals surface area contributed by atoms with Crippen LogP contribution in [0.15, 0.2) is 28.3 Å². The Hall–Kier alpha value is -1.51. The van der Waals surface area contributed by atoms with Crippen molar-refractivity contribution in [2.45, 2.75) is 11.1 Å². The zero-order valence-corrected chi connectivity index (χ0v) is 10.1. The van der Waals surface area contributed by atoms with Crippen LogP contribution in [0.4, 0.5) is 22.0 Å². The lowest BCUT2D eigenvalue weighted by Gasteiger charge is -2.18. The molecule has 0 bridgehead atoms. The van der Waals surface area contributed by atoms with Crippen LogP contribution >= 0.6 is 11.8 Å². The monoisotopic (exact) mass is 300 g/mol. The summed E-state index contributed by atoms with van der Waals surface area (Å²) in [7, 11) is 0. The highest BCUT2D eigenvalue weighted by Gasteiger charge is 2.42. The van der Waals surface area contributed by atoms with Gasteiger partial charge < -0.3 is 10.9 Å². The first-order valence-electron chi connectivity index (χ1n) is 4.87. The van der Waals surface area contributed by atoms with Gasteiger partial charge in [0.1, 0.15) is 17.6 Å². The van der Waals surface area contributed by atoms with Crippen molar-refractivity contribution in [3.63, 3.8) is 0 Å². The molecular weight excluding hydrogens is 291 g/mol. The van der Waals surface area contributed by atoms with Crippen LogP contribution < -0.4 is 5.73 Å². The SMILES string of the molecule is N/C(=N/O)C(CSc1ccc(F)cc1F)C(F)(F)F. The molecule has 1 rings (SSSR count). The van der Waals surface area contributed by atoms with Crippen molar-refractivity contribution in [2.75, 3.05) is 5.75 Å². The highest BCUT2D eigenvalue weighted by atomic mass is 32.2. The van der Waals surface area contributed by atoms with Gasteiger partial charge in [-0.1, -0.05) is 5.16 Å². The van der Waals surface area contributed by atoms with Crippen LogP contribution in [0.5, 0.6) is 0 Å². The molecule has 1 atom stereocenters. The number of oxime groups is 1. The summed E-state index contributed by atoms with van der Waals surface area (Å²) in [5, 5.41) is 10.6. The number of alkyl halides is 3. The van der Waals surface area contributed by atoms with E-state index in [2.05, 4.69) is 5.16 Å². The molecule has 0 aromatic heterocycles. The van der Waals surface area contributed by atoms with Crippen LogP contribution in [0, 0.1) is 17.6 Å². The largest absolute Gasteiger partial charge is 0.409 e. The van der Waals surface area contributed by atoms with Crippen molar-refractivity contribution in [1.29, 1.82) is 0 Å². The van der Waals surface area contributed by atoms with Crippen LogP contribution in [0.25, 0.3) is 0 Å². The number of amidine groups is 1. The van der Waals surface area contributed by atoms with Gasteiger partial charge in [0.05, 0.1) is 0 Å². The molecule has 0 saturated carbocycles. The Kier molecular flexibility index (Phi) is 4.98. The zero-order chi connectivity index (χ0) is 14.6. The minimum atomic E-state index is -4.72. The molecule has 0 amide bonds. The van der Waals surface area contributed by atoms with E-state index in [1.807, 2.05) is 0 Å². The topological polar surface area (TPSA) is 58.6 Å². The van der Waals surface area contributed by atoms with E-state index < -0.39 is 35.3 Å². The summed E-state index contributed by atoms with van der Waals surface area (Å²) in [5.74, 6) is -5.70. The number of thioether (sulfide) groups is 1. The number of nitrogens with two attached hydrogens (primary N) is 1. The second-order valence-electron chi connectivity index (χ2n) is 3.50. The molecule has 1 aromatic rings. The average molecular weight is 300 g/mol. The molecule has 0 spiro atoms. The van der Waals surface area contributed by atoms with E-state index in [4.69, 9.17) is 10.9 Å². The highest BCUT2D eigenvalue weighted by molar-refractivity contribution is 7.99. The Balaban J connectivity index is 2.82. The van der Waals surface area contributed by atoms with Crippen molar-refractivity contribution in [3.05, 3.63) is 29.8 Å². The summed E-state index contributed by atoms with van der Waals surface area (Å²) >= 11 is 0.501. The lowest BCUT2D eigenvalue weighted by molar-refractivity contribution is -0.150. The summed E-state index contributed by atoms with van der Waals surface area (Å²) in [6.07, 6.45) is -4.72. The molecule has 0 radical (unpaired) electrons. The van der Waals surface area contributed by atoms with E-state index in [0.717, 1.165) is 12.1 Å². The number of hydrogen-bond donors (Lipinski definition) is 2. The summed E-state index contributed by atoms with van der Waals surface area (Å²) in [5.41, 5.74) is 4.94. The summed E-state index contributed by atoms with van der Waals surface area (Å²) in [6, 6.07) is 2.51. The minimum absolute atomic E-state index is 0.151. The number of rotatable bonds is 4. The molecule has 1 aromatic carbocycles. The maximum absolute atomic E-state index is 13.2. The first-order valence-corrected chi connectivity index (χ1v) is 5.86. The van der Waals surface area contributed by atoms with E-state index >= 15 is 0 Å².